The molecule has 1 aromatic heterocycles. The van der Waals surface area contributed by atoms with Gasteiger partial charge in [0.05, 0.1) is 24.2 Å². The molecule has 0 bridgehead atoms. The molecule has 0 saturated carbocycles. The van der Waals surface area contributed by atoms with E-state index in [1.165, 1.54) is 18.1 Å². The van der Waals surface area contributed by atoms with Crippen molar-refractivity contribution in [2.75, 3.05) is 20.7 Å². The minimum absolute atomic E-state index is 0.0300. The van der Waals surface area contributed by atoms with E-state index in [4.69, 9.17) is 11.6 Å². The predicted molar refractivity (Wildman–Crippen MR) is 95.3 cm³/mol. The molecule has 140 valence electrons. The second kappa shape index (κ2) is 8.52. The number of rotatable bonds is 6. The Kier molecular flexibility index (Phi) is 6.40. The van der Waals surface area contributed by atoms with E-state index in [0.717, 1.165) is 5.56 Å². The van der Waals surface area contributed by atoms with Gasteiger partial charge in [-0.05, 0) is 18.1 Å². The number of pyridine rings is 1. The van der Waals surface area contributed by atoms with Crippen molar-refractivity contribution in [3.63, 3.8) is 0 Å². The third kappa shape index (κ3) is 4.42. The number of ether oxygens (including phenoxy) is 1. The van der Waals surface area contributed by atoms with Gasteiger partial charge in [-0.25, -0.2) is 9.78 Å². The Labute approximate surface area is 155 Å². The fourth-order valence-electron chi connectivity index (χ4n) is 2.52. The molecule has 0 radical (unpaired) electrons. The number of halogens is 1. The zero-order valence-corrected chi connectivity index (χ0v) is 15.4. The number of aromatic nitrogens is 1. The van der Waals surface area contributed by atoms with Crippen LogP contribution in [0.2, 0.25) is 5.15 Å². The van der Waals surface area contributed by atoms with Crippen LogP contribution in [-0.4, -0.2) is 41.5 Å². The summed E-state index contributed by atoms with van der Waals surface area (Å²) in [5.41, 5.74) is 0.812. The van der Waals surface area contributed by atoms with Gasteiger partial charge in [-0.1, -0.05) is 24.6 Å². The molecule has 1 aliphatic rings. The summed E-state index contributed by atoms with van der Waals surface area (Å²) in [4.78, 5) is 28.1. The number of carbonyl (C=O) groups is 1. The predicted octanol–water partition coefficient (Wildman–Crippen LogP) is 1.77. The van der Waals surface area contributed by atoms with Crippen molar-refractivity contribution in [3.05, 3.63) is 62.6 Å². The Morgan fingerprint density at radius 3 is 2.88 bits per heavy atom. The highest BCUT2D eigenvalue weighted by molar-refractivity contribution is 6.29. The highest BCUT2D eigenvalue weighted by Crippen LogP contribution is 2.24. The van der Waals surface area contributed by atoms with E-state index in [9.17, 15) is 14.9 Å². The van der Waals surface area contributed by atoms with Crippen LogP contribution in [0, 0.1) is 10.1 Å². The lowest BCUT2D eigenvalue weighted by atomic mass is 10.1. The monoisotopic (exact) mass is 381 g/mol. The standard InChI is InChI=1S/C16H20ClN5O4/c1-4-11(10-5-6-13(17)18-8-10)20-16-12(22(24)25)9-19-14(21(16)2)7-15(23)26-3/h5-8,11,19-20H,4,9H2,1-3H3. The average Bonchev–Trinajstić information content (AvgIpc) is 2.62. The molecule has 0 amide bonds. The third-order valence-corrected chi connectivity index (χ3v) is 4.18. The van der Waals surface area contributed by atoms with Gasteiger partial charge in [-0.3, -0.25) is 10.1 Å². The maximum absolute atomic E-state index is 11.5. The molecule has 0 spiro atoms. The van der Waals surface area contributed by atoms with E-state index in [1.807, 2.05) is 13.0 Å². The van der Waals surface area contributed by atoms with Crippen molar-refractivity contribution in [3.8, 4) is 0 Å². The maximum Gasteiger partial charge on any atom is 0.334 e. The number of nitrogens with zero attached hydrogens (tertiary/aromatic N) is 3. The Bertz CT molecular complexity index is 748. The van der Waals surface area contributed by atoms with Crippen LogP contribution in [0.4, 0.5) is 0 Å². The molecule has 2 rings (SSSR count). The molecular formula is C16H20ClN5O4. The van der Waals surface area contributed by atoms with E-state index < -0.39 is 10.9 Å². The largest absolute Gasteiger partial charge is 0.466 e. The molecule has 10 heteroatoms. The summed E-state index contributed by atoms with van der Waals surface area (Å²) >= 11 is 5.82. The number of carbonyl (C=O) groups excluding carboxylic acids is 1. The van der Waals surface area contributed by atoms with Gasteiger partial charge in [0.25, 0.3) is 0 Å². The highest BCUT2D eigenvalue weighted by Gasteiger charge is 2.31. The van der Waals surface area contributed by atoms with Crippen LogP contribution in [-0.2, 0) is 9.53 Å². The van der Waals surface area contributed by atoms with Crippen molar-refractivity contribution in [1.82, 2.24) is 20.5 Å². The lowest BCUT2D eigenvalue weighted by Gasteiger charge is -2.32. The van der Waals surface area contributed by atoms with Crippen LogP contribution >= 0.6 is 11.6 Å². The Morgan fingerprint density at radius 2 is 2.35 bits per heavy atom. The number of methoxy groups -OCH3 is 1. The molecule has 1 aromatic rings. The molecule has 0 saturated heterocycles. The summed E-state index contributed by atoms with van der Waals surface area (Å²) in [7, 11) is 2.89. The van der Waals surface area contributed by atoms with Crippen molar-refractivity contribution in [2.24, 2.45) is 0 Å². The quantitative estimate of drug-likeness (QED) is 0.252. The summed E-state index contributed by atoms with van der Waals surface area (Å²) in [5.74, 6) is 0.136. The number of hydrogen-bond donors (Lipinski definition) is 2. The highest BCUT2D eigenvalue weighted by atomic mass is 35.5. The Balaban J connectivity index is 2.36. The Hall–Kier alpha value is -2.81. The smallest absolute Gasteiger partial charge is 0.334 e. The van der Waals surface area contributed by atoms with Gasteiger partial charge in [0, 0.05) is 13.2 Å². The summed E-state index contributed by atoms with van der Waals surface area (Å²) < 4.78 is 4.62. The molecule has 9 nitrogen and oxygen atoms in total. The van der Waals surface area contributed by atoms with Gasteiger partial charge in [-0.2, -0.15) is 0 Å². The van der Waals surface area contributed by atoms with Crippen molar-refractivity contribution in [2.45, 2.75) is 19.4 Å². The van der Waals surface area contributed by atoms with E-state index in [1.54, 1.807) is 19.3 Å². The number of hydrogen-bond acceptors (Lipinski definition) is 8. The zero-order chi connectivity index (χ0) is 19.3. The first-order valence-corrected chi connectivity index (χ1v) is 8.27. The molecule has 1 atom stereocenters. The first-order valence-electron chi connectivity index (χ1n) is 7.90. The summed E-state index contributed by atoms with van der Waals surface area (Å²) in [6.45, 7) is 1.92. The topological polar surface area (TPSA) is 110 Å². The molecule has 1 unspecified atom stereocenters. The van der Waals surface area contributed by atoms with Crippen molar-refractivity contribution in [1.29, 1.82) is 0 Å². The van der Waals surface area contributed by atoms with Gasteiger partial charge in [0.15, 0.2) is 5.82 Å². The summed E-state index contributed by atoms with van der Waals surface area (Å²) in [5, 5.41) is 17.9. The van der Waals surface area contributed by atoms with Gasteiger partial charge < -0.3 is 20.3 Å². The fraction of sp³-hybridized carbons (Fsp3) is 0.375. The van der Waals surface area contributed by atoms with Gasteiger partial charge >= 0.3 is 11.7 Å². The first-order chi connectivity index (χ1) is 12.4. The lowest BCUT2D eigenvalue weighted by Crippen LogP contribution is -2.44. The zero-order valence-electron chi connectivity index (χ0n) is 14.7. The second-order valence-electron chi connectivity index (χ2n) is 5.54. The normalized spacial score (nSPS) is 16.9. The second-order valence-corrected chi connectivity index (χ2v) is 5.92. The van der Waals surface area contributed by atoms with Crippen molar-refractivity contribution < 1.29 is 14.5 Å². The van der Waals surface area contributed by atoms with E-state index in [0.29, 0.717) is 23.2 Å². The fourth-order valence-corrected chi connectivity index (χ4v) is 2.63. The van der Waals surface area contributed by atoms with Gasteiger partial charge in [-0.15, -0.1) is 0 Å². The van der Waals surface area contributed by atoms with E-state index in [2.05, 4.69) is 20.4 Å². The van der Waals surface area contributed by atoms with Gasteiger partial charge in [0.1, 0.15) is 17.5 Å². The minimum Gasteiger partial charge on any atom is -0.466 e. The lowest BCUT2D eigenvalue weighted by molar-refractivity contribution is -0.429. The third-order valence-electron chi connectivity index (χ3n) is 3.96. The maximum atomic E-state index is 11.5. The molecule has 26 heavy (non-hydrogen) atoms. The molecule has 1 aliphatic heterocycles. The Morgan fingerprint density at radius 1 is 1.62 bits per heavy atom. The first kappa shape index (κ1) is 19.5. The number of nitrogens with one attached hydrogen (secondary N) is 2. The molecule has 0 aliphatic carbocycles. The van der Waals surface area contributed by atoms with E-state index >= 15 is 0 Å². The van der Waals surface area contributed by atoms with Crippen LogP contribution < -0.4 is 10.6 Å². The molecule has 0 fully saturated rings. The molecule has 2 N–H and O–H groups in total. The van der Waals surface area contributed by atoms with Crippen LogP contribution in [0.1, 0.15) is 24.9 Å². The molecule has 2 heterocycles. The SMILES string of the molecule is CCC(NC1=C([N+](=O)[O-])CNC(=CC(=O)OC)N1C)c1ccc(Cl)nc1. The summed E-state index contributed by atoms with van der Waals surface area (Å²) in [6, 6.07) is 3.26. The van der Waals surface area contributed by atoms with Crippen LogP contribution in [0.25, 0.3) is 0 Å². The minimum atomic E-state index is -0.558. The van der Waals surface area contributed by atoms with E-state index in [-0.39, 0.29) is 18.3 Å². The number of nitro groups is 1. The van der Waals surface area contributed by atoms with Crippen LogP contribution in [0.3, 0.4) is 0 Å². The van der Waals surface area contributed by atoms with Crippen LogP contribution in [0.15, 0.2) is 41.7 Å². The van der Waals surface area contributed by atoms with Crippen LogP contribution in [0.5, 0.6) is 0 Å². The van der Waals surface area contributed by atoms with Crippen molar-refractivity contribution >= 4 is 17.6 Å². The van der Waals surface area contributed by atoms with Gasteiger partial charge in [0.2, 0.25) is 0 Å². The molecular weight excluding hydrogens is 362 g/mol. The summed E-state index contributed by atoms with van der Waals surface area (Å²) in [6.07, 6.45) is 3.53. The average molecular weight is 382 g/mol. The number of esters is 1. The molecule has 0 aromatic carbocycles.